The quantitative estimate of drug-likeness (QED) is 0.682. The van der Waals surface area contributed by atoms with Crippen molar-refractivity contribution in [1.82, 2.24) is 4.98 Å². The number of pyridine rings is 1. The summed E-state index contributed by atoms with van der Waals surface area (Å²) < 4.78 is 0. The third kappa shape index (κ3) is 2.06. The molecule has 3 aromatic rings. The molecule has 0 aliphatic carbocycles. The van der Waals surface area contributed by atoms with Crippen LogP contribution in [-0.2, 0) is 6.42 Å². The van der Waals surface area contributed by atoms with Gasteiger partial charge in [-0.2, -0.15) is 0 Å². The molecule has 0 spiro atoms. The third-order valence-corrected chi connectivity index (χ3v) is 4.23. The number of para-hydroxylation sites is 1. The second-order valence-corrected chi connectivity index (χ2v) is 5.56. The molecule has 1 amide bonds. The van der Waals surface area contributed by atoms with Crippen molar-refractivity contribution in [2.45, 2.75) is 12.8 Å². The molecule has 108 valence electrons. The highest BCUT2D eigenvalue weighted by Gasteiger charge is 2.24. The summed E-state index contributed by atoms with van der Waals surface area (Å²) in [6, 6.07) is 17.8. The number of aryl methyl sites for hydroxylation is 1. The van der Waals surface area contributed by atoms with Gasteiger partial charge in [0.25, 0.3) is 5.91 Å². The Kier molecular flexibility index (Phi) is 3.11. The Morgan fingerprint density at radius 3 is 2.86 bits per heavy atom. The van der Waals surface area contributed by atoms with E-state index in [1.54, 1.807) is 6.20 Å². The van der Waals surface area contributed by atoms with Gasteiger partial charge in [0.15, 0.2) is 0 Å². The van der Waals surface area contributed by atoms with E-state index in [0.717, 1.165) is 41.5 Å². The van der Waals surface area contributed by atoms with E-state index in [2.05, 4.69) is 11.1 Å². The van der Waals surface area contributed by atoms with Gasteiger partial charge in [-0.25, -0.2) is 0 Å². The van der Waals surface area contributed by atoms with Crippen LogP contribution in [0, 0.1) is 0 Å². The van der Waals surface area contributed by atoms with E-state index in [1.165, 1.54) is 5.56 Å². The molecule has 0 fully saturated rings. The number of benzene rings is 2. The van der Waals surface area contributed by atoms with E-state index >= 15 is 0 Å². The Bertz CT molecular complexity index is 851. The number of anilines is 1. The largest absolute Gasteiger partial charge is 0.308 e. The van der Waals surface area contributed by atoms with Crippen LogP contribution in [0.5, 0.6) is 0 Å². The SMILES string of the molecule is O=C(c1cccc2ncccc12)N1CCCc2ccccc21. The van der Waals surface area contributed by atoms with E-state index < -0.39 is 0 Å². The smallest absolute Gasteiger partial charge is 0.258 e. The van der Waals surface area contributed by atoms with E-state index in [1.807, 2.05) is 53.4 Å². The fourth-order valence-corrected chi connectivity index (χ4v) is 3.18. The topological polar surface area (TPSA) is 33.2 Å². The second-order valence-electron chi connectivity index (χ2n) is 5.56. The number of hydrogen-bond donors (Lipinski definition) is 0. The van der Waals surface area contributed by atoms with Crippen LogP contribution < -0.4 is 4.90 Å². The highest BCUT2D eigenvalue weighted by Crippen LogP contribution is 2.29. The minimum absolute atomic E-state index is 0.0609. The second kappa shape index (κ2) is 5.26. The summed E-state index contributed by atoms with van der Waals surface area (Å²) in [5.74, 6) is 0.0609. The Morgan fingerprint density at radius 1 is 1.00 bits per heavy atom. The first-order valence-corrected chi connectivity index (χ1v) is 7.58. The van der Waals surface area contributed by atoms with Gasteiger partial charge in [-0.3, -0.25) is 9.78 Å². The number of aromatic nitrogens is 1. The van der Waals surface area contributed by atoms with Gasteiger partial charge in [0.2, 0.25) is 0 Å². The number of amides is 1. The van der Waals surface area contributed by atoms with Crippen molar-refractivity contribution in [3.63, 3.8) is 0 Å². The Balaban J connectivity index is 1.82. The number of nitrogens with zero attached hydrogens (tertiary/aromatic N) is 2. The first-order valence-electron chi connectivity index (χ1n) is 7.58. The number of hydrogen-bond acceptors (Lipinski definition) is 2. The Labute approximate surface area is 129 Å². The molecule has 0 unspecified atom stereocenters. The maximum absolute atomic E-state index is 13.1. The molecule has 0 radical (unpaired) electrons. The van der Waals surface area contributed by atoms with Crippen molar-refractivity contribution in [2.24, 2.45) is 0 Å². The van der Waals surface area contributed by atoms with Gasteiger partial charge in [0.05, 0.1) is 5.52 Å². The van der Waals surface area contributed by atoms with E-state index in [-0.39, 0.29) is 5.91 Å². The van der Waals surface area contributed by atoms with Crippen LogP contribution in [0.1, 0.15) is 22.3 Å². The minimum Gasteiger partial charge on any atom is -0.308 e. The average Bonchev–Trinajstić information content (AvgIpc) is 2.60. The summed E-state index contributed by atoms with van der Waals surface area (Å²) in [6.07, 6.45) is 3.80. The van der Waals surface area contributed by atoms with Crippen LogP contribution in [0.25, 0.3) is 10.9 Å². The molecule has 4 rings (SSSR count). The summed E-state index contributed by atoms with van der Waals surface area (Å²) in [7, 11) is 0. The van der Waals surface area contributed by atoms with Crippen LogP contribution in [0.3, 0.4) is 0 Å². The monoisotopic (exact) mass is 288 g/mol. The molecule has 0 saturated heterocycles. The highest BCUT2D eigenvalue weighted by atomic mass is 16.2. The molecule has 3 heteroatoms. The van der Waals surface area contributed by atoms with Gasteiger partial charge < -0.3 is 4.90 Å². The predicted octanol–water partition coefficient (Wildman–Crippen LogP) is 3.83. The summed E-state index contributed by atoms with van der Waals surface area (Å²) >= 11 is 0. The van der Waals surface area contributed by atoms with Crippen molar-refractivity contribution in [3.8, 4) is 0 Å². The average molecular weight is 288 g/mol. The predicted molar refractivity (Wildman–Crippen MR) is 88.2 cm³/mol. The molecule has 0 bridgehead atoms. The lowest BCUT2D eigenvalue weighted by molar-refractivity contribution is 0.0986. The van der Waals surface area contributed by atoms with Crippen molar-refractivity contribution < 1.29 is 4.79 Å². The number of carbonyl (C=O) groups excluding carboxylic acids is 1. The zero-order chi connectivity index (χ0) is 14.9. The van der Waals surface area contributed by atoms with Crippen LogP contribution in [-0.4, -0.2) is 17.4 Å². The molecular formula is C19H16N2O. The number of carbonyl (C=O) groups is 1. The van der Waals surface area contributed by atoms with Gasteiger partial charge in [-0.05, 0) is 42.7 Å². The minimum atomic E-state index is 0.0609. The highest BCUT2D eigenvalue weighted by molar-refractivity contribution is 6.14. The molecule has 2 heterocycles. The molecule has 2 aromatic carbocycles. The van der Waals surface area contributed by atoms with Crippen LogP contribution in [0.4, 0.5) is 5.69 Å². The van der Waals surface area contributed by atoms with Crippen LogP contribution >= 0.6 is 0 Å². The summed E-state index contributed by atoms with van der Waals surface area (Å²) in [5, 5.41) is 0.915. The first kappa shape index (κ1) is 13.0. The van der Waals surface area contributed by atoms with E-state index in [0.29, 0.717) is 0 Å². The zero-order valence-corrected chi connectivity index (χ0v) is 12.2. The number of fused-ring (bicyclic) bond motifs is 2. The summed E-state index contributed by atoms with van der Waals surface area (Å²) in [5.41, 5.74) is 3.88. The molecule has 1 aromatic heterocycles. The first-order chi connectivity index (χ1) is 10.8. The van der Waals surface area contributed by atoms with Gasteiger partial charge in [0, 0.05) is 29.4 Å². The molecule has 0 N–H and O–H groups in total. The molecule has 3 nitrogen and oxygen atoms in total. The van der Waals surface area contributed by atoms with E-state index in [4.69, 9.17) is 0 Å². The Morgan fingerprint density at radius 2 is 1.91 bits per heavy atom. The fraction of sp³-hybridized carbons (Fsp3) is 0.158. The number of rotatable bonds is 1. The normalized spacial score (nSPS) is 13.9. The van der Waals surface area contributed by atoms with Gasteiger partial charge in [0.1, 0.15) is 0 Å². The molecule has 0 saturated carbocycles. The van der Waals surface area contributed by atoms with Gasteiger partial charge in [-0.15, -0.1) is 0 Å². The van der Waals surface area contributed by atoms with Crippen LogP contribution in [0.15, 0.2) is 60.8 Å². The Hall–Kier alpha value is -2.68. The van der Waals surface area contributed by atoms with Crippen molar-refractivity contribution in [3.05, 3.63) is 71.9 Å². The van der Waals surface area contributed by atoms with Gasteiger partial charge >= 0.3 is 0 Å². The lowest BCUT2D eigenvalue weighted by Crippen LogP contribution is -2.35. The van der Waals surface area contributed by atoms with Gasteiger partial charge in [-0.1, -0.05) is 30.3 Å². The van der Waals surface area contributed by atoms with Crippen LogP contribution in [0.2, 0.25) is 0 Å². The summed E-state index contributed by atoms with van der Waals surface area (Å²) in [4.78, 5) is 19.3. The maximum atomic E-state index is 13.1. The maximum Gasteiger partial charge on any atom is 0.258 e. The zero-order valence-electron chi connectivity index (χ0n) is 12.2. The van der Waals surface area contributed by atoms with Crippen molar-refractivity contribution in [1.29, 1.82) is 0 Å². The third-order valence-electron chi connectivity index (χ3n) is 4.23. The molecular weight excluding hydrogens is 272 g/mol. The summed E-state index contributed by atoms with van der Waals surface area (Å²) in [6.45, 7) is 0.770. The standard InChI is InChI=1S/C19H16N2O/c22-19(16-8-3-10-17-15(16)9-4-12-20-17)21-13-5-7-14-6-1-2-11-18(14)21/h1-4,6,8-12H,5,7,13H2. The van der Waals surface area contributed by atoms with Crippen molar-refractivity contribution in [2.75, 3.05) is 11.4 Å². The van der Waals surface area contributed by atoms with Crippen molar-refractivity contribution >= 4 is 22.5 Å². The molecule has 1 aliphatic heterocycles. The lowest BCUT2D eigenvalue weighted by atomic mass is 10.00. The fourth-order valence-electron chi connectivity index (χ4n) is 3.18. The molecule has 1 aliphatic rings. The lowest BCUT2D eigenvalue weighted by Gasteiger charge is -2.29. The van der Waals surface area contributed by atoms with E-state index in [9.17, 15) is 4.79 Å². The molecule has 22 heavy (non-hydrogen) atoms. The molecule has 0 atom stereocenters.